The van der Waals surface area contributed by atoms with Gasteiger partial charge in [-0.2, -0.15) is 0 Å². The molecule has 0 unspecified atom stereocenters. The van der Waals surface area contributed by atoms with Gasteiger partial charge in [0, 0.05) is 14.1 Å². The SMILES string of the molecule is C[N+]1(C)c2ccccc2C[B@@-]1(Cl)c1ccccc1. The predicted octanol–water partition coefficient (Wildman–Crippen LogP) is 2.94. The van der Waals surface area contributed by atoms with Gasteiger partial charge in [-0.3, -0.25) is 0 Å². The fourth-order valence-electron chi connectivity index (χ4n) is 3.22. The summed E-state index contributed by atoms with van der Waals surface area (Å²) in [5.74, 6) is 0. The zero-order chi connectivity index (χ0) is 12.8. The van der Waals surface area contributed by atoms with Crippen LogP contribution in [0.4, 0.5) is 5.69 Å². The molecular formula is C15H17BClN. The summed E-state index contributed by atoms with van der Waals surface area (Å²) in [4.78, 5) is 0. The fraction of sp³-hybridized carbons (Fsp3) is 0.200. The first-order valence-corrected chi connectivity index (χ1v) is 6.82. The van der Waals surface area contributed by atoms with Gasteiger partial charge in [-0.05, 0) is 11.6 Å². The van der Waals surface area contributed by atoms with E-state index in [0.717, 1.165) is 10.7 Å². The first-order chi connectivity index (χ1) is 8.56. The number of halogens is 1. The summed E-state index contributed by atoms with van der Waals surface area (Å²) in [6.45, 7) is 0. The molecule has 18 heavy (non-hydrogen) atoms. The van der Waals surface area contributed by atoms with E-state index in [1.807, 2.05) is 6.07 Å². The molecule has 0 saturated heterocycles. The van der Waals surface area contributed by atoms with Crippen molar-refractivity contribution in [3.8, 4) is 0 Å². The molecule has 0 N–H and O–H groups in total. The summed E-state index contributed by atoms with van der Waals surface area (Å²) in [7, 11) is 4.43. The lowest BCUT2D eigenvalue weighted by Gasteiger charge is -2.47. The Labute approximate surface area is 113 Å². The molecule has 0 bridgehead atoms. The van der Waals surface area contributed by atoms with Crippen molar-refractivity contribution in [2.24, 2.45) is 0 Å². The molecule has 0 radical (unpaired) electrons. The Kier molecular flexibility index (Phi) is 2.54. The van der Waals surface area contributed by atoms with Crippen molar-refractivity contribution in [2.75, 3.05) is 14.1 Å². The third-order valence-corrected chi connectivity index (χ3v) is 5.33. The summed E-state index contributed by atoms with van der Waals surface area (Å²) in [5, 5.41) is 0. The molecule has 0 spiro atoms. The lowest BCUT2D eigenvalue weighted by Crippen LogP contribution is -2.67. The average molecular weight is 258 g/mol. The van der Waals surface area contributed by atoms with E-state index in [-0.39, 0.29) is 0 Å². The predicted molar refractivity (Wildman–Crippen MR) is 81.5 cm³/mol. The maximum atomic E-state index is 7.09. The molecule has 3 heteroatoms. The molecule has 1 aliphatic heterocycles. The van der Waals surface area contributed by atoms with Crippen LogP contribution in [0.5, 0.6) is 0 Å². The van der Waals surface area contributed by atoms with Crippen molar-refractivity contribution < 1.29 is 0 Å². The average Bonchev–Trinajstić information content (AvgIpc) is 2.60. The van der Waals surface area contributed by atoms with E-state index in [1.165, 1.54) is 16.7 Å². The van der Waals surface area contributed by atoms with Gasteiger partial charge < -0.3 is 15.9 Å². The van der Waals surface area contributed by atoms with Gasteiger partial charge in [0.25, 0.3) is 0 Å². The Morgan fingerprint density at radius 1 is 0.944 bits per heavy atom. The summed E-state index contributed by atoms with van der Waals surface area (Å²) in [6.07, 6.45) is 0.939. The lowest BCUT2D eigenvalue weighted by molar-refractivity contribution is 0.625. The minimum absolute atomic E-state index is 0.752. The summed E-state index contributed by atoms with van der Waals surface area (Å²) in [5.41, 5.74) is 2.81. The van der Waals surface area contributed by atoms with Gasteiger partial charge in [-0.1, -0.05) is 54.9 Å². The Morgan fingerprint density at radius 3 is 2.22 bits per heavy atom. The van der Waals surface area contributed by atoms with Crippen molar-refractivity contribution in [1.29, 1.82) is 0 Å². The highest BCUT2D eigenvalue weighted by atomic mass is 35.5. The third kappa shape index (κ3) is 1.46. The number of hydrogen-bond donors (Lipinski definition) is 0. The van der Waals surface area contributed by atoms with Crippen LogP contribution in [0.15, 0.2) is 54.6 Å². The highest BCUT2D eigenvalue weighted by Gasteiger charge is 2.48. The topological polar surface area (TPSA) is 0 Å². The van der Waals surface area contributed by atoms with Crippen LogP contribution in [0.3, 0.4) is 0 Å². The Hall–Kier alpha value is -1.25. The molecule has 0 amide bonds. The van der Waals surface area contributed by atoms with E-state index in [9.17, 15) is 0 Å². The van der Waals surface area contributed by atoms with Gasteiger partial charge in [0.15, 0.2) is 0 Å². The van der Waals surface area contributed by atoms with Crippen molar-refractivity contribution in [3.05, 3.63) is 60.2 Å². The molecule has 1 atom stereocenters. The van der Waals surface area contributed by atoms with E-state index in [1.54, 1.807) is 0 Å². The Morgan fingerprint density at radius 2 is 1.56 bits per heavy atom. The zero-order valence-electron chi connectivity index (χ0n) is 10.8. The smallest absolute Gasteiger partial charge is 0.328 e. The van der Waals surface area contributed by atoms with Crippen molar-refractivity contribution >= 4 is 28.3 Å². The molecule has 2 aromatic carbocycles. The minimum Gasteiger partial charge on any atom is -0.469 e. The van der Waals surface area contributed by atoms with E-state index >= 15 is 0 Å². The van der Waals surface area contributed by atoms with Crippen LogP contribution in [0.2, 0.25) is 0 Å². The van der Waals surface area contributed by atoms with Crippen LogP contribution in [0, 0.1) is 0 Å². The second kappa shape index (κ2) is 3.87. The largest absolute Gasteiger partial charge is 0.469 e. The fourth-order valence-corrected chi connectivity index (χ4v) is 3.64. The number of nitrogens with zero attached hydrogens (tertiary/aromatic N) is 1. The summed E-state index contributed by atoms with van der Waals surface area (Å²) < 4.78 is 0.752. The Balaban J connectivity index is 2.18. The second-order valence-corrected chi connectivity index (χ2v) is 6.38. The molecule has 0 saturated carbocycles. The molecule has 1 aliphatic rings. The van der Waals surface area contributed by atoms with Gasteiger partial charge >= 0.3 is 5.70 Å². The molecule has 0 fully saturated rings. The van der Waals surface area contributed by atoms with E-state index < -0.39 is 5.70 Å². The molecule has 2 aromatic rings. The van der Waals surface area contributed by atoms with Gasteiger partial charge in [-0.15, -0.1) is 5.46 Å². The normalized spacial score (nSPS) is 24.8. The van der Waals surface area contributed by atoms with E-state index in [4.69, 9.17) is 11.5 Å². The first-order valence-electron chi connectivity index (χ1n) is 6.38. The Bertz CT molecular complexity index is 582. The molecule has 0 aromatic heterocycles. The monoisotopic (exact) mass is 257 g/mol. The lowest BCUT2D eigenvalue weighted by atomic mass is 9.49. The highest BCUT2D eigenvalue weighted by Crippen LogP contribution is 2.41. The van der Waals surface area contributed by atoms with E-state index in [2.05, 4.69) is 62.6 Å². The number of rotatable bonds is 1. The van der Waals surface area contributed by atoms with Crippen LogP contribution in [-0.2, 0) is 6.32 Å². The molecule has 1 nitrogen and oxygen atoms in total. The van der Waals surface area contributed by atoms with Gasteiger partial charge in [0.1, 0.15) is 0 Å². The third-order valence-electron chi connectivity index (χ3n) is 4.44. The van der Waals surface area contributed by atoms with Crippen LogP contribution >= 0.6 is 11.5 Å². The number of para-hydroxylation sites is 1. The number of benzene rings is 2. The van der Waals surface area contributed by atoms with Gasteiger partial charge in [-0.25, -0.2) is 0 Å². The molecule has 92 valence electrons. The highest BCUT2D eigenvalue weighted by molar-refractivity contribution is 7.27. The molecular weight excluding hydrogens is 240 g/mol. The minimum atomic E-state index is -1.16. The maximum absolute atomic E-state index is 7.09. The van der Waals surface area contributed by atoms with Gasteiger partial charge in [0.05, 0.1) is 5.69 Å². The van der Waals surface area contributed by atoms with Gasteiger partial charge in [0.2, 0.25) is 0 Å². The quantitative estimate of drug-likeness (QED) is 0.689. The van der Waals surface area contributed by atoms with Crippen LogP contribution < -0.4 is 9.86 Å². The van der Waals surface area contributed by atoms with Crippen molar-refractivity contribution in [3.63, 3.8) is 0 Å². The molecule has 3 rings (SSSR count). The van der Waals surface area contributed by atoms with Crippen molar-refractivity contribution in [1.82, 2.24) is 4.39 Å². The molecule has 0 aliphatic carbocycles. The summed E-state index contributed by atoms with van der Waals surface area (Å²) >= 11 is 7.09. The summed E-state index contributed by atoms with van der Waals surface area (Å²) in [6, 6.07) is 19.1. The van der Waals surface area contributed by atoms with Crippen molar-refractivity contribution in [2.45, 2.75) is 6.32 Å². The standard InChI is InChI=1S/C15H17BClN/c1-18(2)15-11-7-6-8-13(15)12-16(18,17)14-9-4-3-5-10-14/h3-11H,12H2,1-2H3/t16-/m0/s1. The maximum Gasteiger partial charge on any atom is 0.328 e. The zero-order valence-corrected chi connectivity index (χ0v) is 11.6. The van der Waals surface area contributed by atoms with Crippen LogP contribution in [0.25, 0.3) is 0 Å². The van der Waals surface area contributed by atoms with Crippen LogP contribution in [0.1, 0.15) is 5.56 Å². The molecule has 1 heterocycles. The number of fused-ring (bicyclic) bond motifs is 1. The second-order valence-electron chi connectivity index (χ2n) is 5.66. The van der Waals surface area contributed by atoms with Crippen LogP contribution in [-0.4, -0.2) is 19.8 Å². The number of quaternary nitrogens is 1. The van der Waals surface area contributed by atoms with E-state index in [0.29, 0.717) is 0 Å². The first kappa shape index (κ1) is 11.8. The number of hydrogen-bond acceptors (Lipinski definition) is 0.